The average molecular weight is 229 g/mol. The Labute approximate surface area is 100 Å². The molecular weight excluding hydrogens is 214 g/mol. The van der Waals surface area contributed by atoms with Gasteiger partial charge >= 0.3 is 0 Å². The summed E-state index contributed by atoms with van der Waals surface area (Å²) < 4.78 is 5.37. The number of aryl methyl sites for hydroxylation is 1. The van der Waals surface area contributed by atoms with E-state index < -0.39 is 0 Å². The zero-order valence-electron chi connectivity index (χ0n) is 9.99. The minimum Gasteiger partial charge on any atom is -0.458 e. The van der Waals surface area contributed by atoms with Crippen LogP contribution >= 0.6 is 0 Å². The number of benzene rings is 1. The monoisotopic (exact) mass is 229 g/mol. The van der Waals surface area contributed by atoms with Crippen molar-refractivity contribution in [3.05, 3.63) is 53.0 Å². The number of anilines is 1. The minimum atomic E-state index is 0.420. The van der Waals surface area contributed by atoms with Crippen molar-refractivity contribution < 1.29 is 9.21 Å². The first-order valence-electron chi connectivity index (χ1n) is 5.55. The molecule has 2 rings (SSSR count). The molecule has 3 heteroatoms. The predicted octanol–water partition coefficient (Wildman–Crippen LogP) is 3.32. The minimum absolute atomic E-state index is 0.420. The summed E-state index contributed by atoms with van der Waals surface area (Å²) >= 11 is 0. The van der Waals surface area contributed by atoms with Gasteiger partial charge in [-0.3, -0.25) is 4.79 Å². The molecule has 0 aliphatic heterocycles. The molecular formula is C14H15NO2. The van der Waals surface area contributed by atoms with E-state index in [4.69, 9.17) is 4.42 Å². The van der Waals surface area contributed by atoms with Gasteiger partial charge in [-0.2, -0.15) is 0 Å². The highest BCUT2D eigenvalue weighted by Gasteiger charge is 2.13. The molecule has 0 unspecified atom stereocenters. The van der Waals surface area contributed by atoms with Crippen molar-refractivity contribution in [2.24, 2.45) is 0 Å². The van der Waals surface area contributed by atoms with Crippen molar-refractivity contribution in [2.75, 3.05) is 5.32 Å². The van der Waals surface area contributed by atoms with E-state index >= 15 is 0 Å². The van der Waals surface area contributed by atoms with Crippen LogP contribution in [0.25, 0.3) is 0 Å². The molecule has 0 fully saturated rings. The number of aldehydes is 1. The first-order chi connectivity index (χ1) is 8.22. The molecule has 0 aliphatic carbocycles. The lowest BCUT2D eigenvalue weighted by Crippen LogP contribution is -2.01. The first-order valence-corrected chi connectivity index (χ1v) is 5.55. The zero-order chi connectivity index (χ0) is 12.3. The molecule has 0 spiro atoms. The second-order valence-electron chi connectivity index (χ2n) is 3.96. The Morgan fingerprint density at radius 2 is 1.94 bits per heavy atom. The van der Waals surface area contributed by atoms with Crippen LogP contribution in [0, 0.1) is 13.8 Å². The number of hydrogen-bond acceptors (Lipinski definition) is 3. The van der Waals surface area contributed by atoms with Crippen LogP contribution in [-0.4, -0.2) is 6.29 Å². The largest absolute Gasteiger partial charge is 0.458 e. The maximum atomic E-state index is 10.9. The van der Waals surface area contributed by atoms with Crippen molar-refractivity contribution in [2.45, 2.75) is 20.4 Å². The van der Waals surface area contributed by atoms with E-state index in [9.17, 15) is 4.79 Å². The molecule has 0 amide bonds. The topological polar surface area (TPSA) is 42.2 Å². The van der Waals surface area contributed by atoms with E-state index in [0.717, 1.165) is 28.9 Å². The van der Waals surface area contributed by atoms with Gasteiger partial charge in [-0.1, -0.05) is 18.2 Å². The number of carbonyl (C=O) groups is 1. The quantitative estimate of drug-likeness (QED) is 0.818. The Hall–Kier alpha value is -2.03. The summed E-state index contributed by atoms with van der Waals surface area (Å²) in [6.45, 7) is 4.43. The van der Waals surface area contributed by atoms with Gasteiger partial charge in [-0.15, -0.1) is 0 Å². The summed E-state index contributed by atoms with van der Waals surface area (Å²) in [5.41, 5.74) is 3.00. The molecule has 3 nitrogen and oxygen atoms in total. The van der Waals surface area contributed by atoms with Gasteiger partial charge in [-0.25, -0.2) is 0 Å². The predicted molar refractivity (Wildman–Crippen MR) is 67.3 cm³/mol. The van der Waals surface area contributed by atoms with Crippen LogP contribution in [0.4, 0.5) is 5.69 Å². The van der Waals surface area contributed by atoms with Gasteiger partial charge in [0.2, 0.25) is 0 Å². The summed E-state index contributed by atoms with van der Waals surface area (Å²) in [5, 5.41) is 3.27. The summed E-state index contributed by atoms with van der Waals surface area (Å²) in [5.74, 6) is 1.22. The number of nitrogens with one attached hydrogen (secondary N) is 1. The van der Waals surface area contributed by atoms with Crippen LogP contribution in [0.5, 0.6) is 0 Å². The molecule has 1 aromatic heterocycles. The van der Waals surface area contributed by atoms with E-state index in [1.165, 1.54) is 0 Å². The third-order valence-corrected chi connectivity index (χ3v) is 2.89. The summed E-state index contributed by atoms with van der Waals surface area (Å²) in [6.07, 6.45) is 0.766. The van der Waals surface area contributed by atoms with E-state index in [2.05, 4.69) is 5.32 Å². The van der Waals surface area contributed by atoms with E-state index in [0.29, 0.717) is 12.3 Å². The molecule has 1 heterocycles. The van der Waals surface area contributed by atoms with Crippen LogP contribution in [-0.2, 0) is 6.54 Å². The maximum Gasteiger partial charge on any atom is 0.185 e. The van der Waals surface area contributed by atoms with Gasteiger partial charge < -0.3 is 9.73 Å². The molecule has 1 N–H and O–H groups in total. The highest BCUT2D eigenvalue weighted by Crippen LogP contribution is 2.21. The molecule has 1 aromatic carbocycles. The van der Waals surface area contributed by atoms with Crippen molar-refractivity contribution in [3.8, 4) is 0 Å². The van der Waals surface area contributed by atoms with Crippen LogP contribution in [0.1, 0.15) is 27.4 Å². The van der Waals surface area contributed by atoms with Crippen LogP contribution in [0.3, 0.4) is 0 Å². The number of para-hydroxylation sites is 1. The molecule has 0 saturated carbocycles. The van der Waals surface area contributed by atoms with E-state index in [1.54, 1.807) is 0 Å². The SMILES string of the molecule is Cc1oc(C=O)c(CNc2ccccc2)c1C. The number of rotatable bonds is 4. The Morgan fingerprint density at radius 1 is 1.24 bits per heavy atom. The lowest BCUT2D eigenvalue weighted by Gasteiger charge is -2.05. The van der Waals surface area contributed by atoms with Crippen molar-refractivity contribution in [1.82, 2.24) is 0 Å². The second-order valence-corrected chi connectivity index (χ2v) is 3.96. The van der Waals surface area contributed by atoms with Gasteiger partial charge in [0.05, 0.1) is 0 Å². The molecule has 0 saturated heterocycles. The molecule has 0 radical (unpaired) electrons. The van der Waals surface area contributed by atoms with Gasteiger partial charge in [0.1, 0.15) is 5.76 Å². The first kappa shape index (κ1) is 11.5. The van der Waals surface area contributed by atoms with E-state index in [-0.39, 0.29) is 0 Å². The number of furan rings is 1. The van der Waals surface area contributed by atoms with Crippen LogP contribution in [0.15, 0.2) is 34.7 Å². The zero-order valence-corrected chi connectivity index (χ0v) is 9.99. The molecule has 2 aromatic rings. The number of carbonyl (C=O) groups excluding carboxylic acids is 1. The van der Waals surface area contributed by atoms with Crippen molar-refractivity contribution in [3.63, 3.8) is 0 Å². The fourth-order valence-electron chi connectivity index (χ4n) is 1.76. The van der Waals surface area contributed by atoms with Gasteiger partial charge in [0, 0.05) is 17.8 Å². The van der Waals surface area contributed by atoms with Crippen LogP contribution in [0.2, 0.25) is 0 Å². The Bertz CT molecular complexity index is 515. The summed E-state index contributed by atoms with van der Waals surface area (Å²) in [6, 6.07) is 9.88. The van der Waals surface area contributed by atoms with Gasteiger partial charge in [0.15, 0.2) is 12.0 Å². The Kier molecular flexibility index (Phi) is 3.28. The van der Waals surface area contributed by atoms with Crippen molar-refractivity contribution in [1.29, 1.82) is 0 Å². The summed E-state index contributed by atoms with van der Waals surface area (Å²) in [7, 11) is 0. The lowest BCUT2D eigenvalue weighted by molar-refractivity contribution is 0.109. The van der Waals surface area contributed by atoms with Gasteiger partial charge in [0.25, 0.3) is 0 Å². The fourth-order valence-corrected chi connectivity index (χ4v) is 1.76. The molecule has 0 aliphatic rings. The standard InChI is InChI=1S/C14H15NO2/c1-10-11(2)17-14(9-16)13(10)8-15-12-6-4-3-5-7-12/h3-7,9,15H,8H2,1-2H3. The molecule has 17 heavy (non-hydrogen) atoms. The summed E-state index contributed by atoms with van der Waals surface area (Å²) in [4.78, 5) is 10.9. The molecule has 0 bridgehead atoms. The fraction of sp³-hybridized carbons (Fsp3) is 0.214. The molecule has 0 atom stereocenters. The maximum absolute atomic E-state index is 10.9. The smallest absolute Gasteiger partial charge is 0.185 e. The Balaban J connectivity index is 2.16. The highest BCUT2D eigenvalue weighted by molar-refractivity contribution is 5.74. The van der Waals surface area contributed by atoms with Crippen molar-refractivity contribution >= 4 is 12.0 Å². The molecule has 88 valence electrons. The normalized spacial score (nSPS) is 10.2. The van der Waals surface area contributed by atoms with E-state index in [1.807, 2.05) is 44.2 Å². The number of hydrogen-bond donors (Lipinski definition) is 1. The third-order valence-electron chi connectivity index (χ3n) is 2.89. The van der Waals surface area contributed by atoms with Crippen LogP contribution < -0.4 is 5.32 Å². The Morgan fingerprint density at radius 3 is 2.59 bits per heavy atom. The lowest BCUT2D eigenvalue weighted by atomic mass is 10.1. The third kappa shape index (κ3) is 2.38. The van der Waals surface area contributed by atoms with Gasteiger partial charge in [-0.05, 0) is 31.5 Å². The highest BCUT2D eigenvalue weighted by atomic mass is 16.3. The second kappa shape index (κ2) is 4.87. The average Bonchev–Trinajstić information content (AvgIpc) is 2.64.